The van der Waals surface area contributed by atoms with E-state index in [9.17, 15) is 8.42 Å². The number of sulfonamides is 1. The van der Waals surface area contributed by atoms with Crippen LogP contribution in [0.4, 0.5) is 0 Å². The highest BCUT2D eigenvalue weighted by Crippen LogP contribution is 2.28. The molecule has 0 fully saturated rings. The van der Waals surface area contributed by atoms with Crippen LogP contribution in [0.5, 0.6) is 5.75 Å². The smallest absolute Gasteiger partial charge is 0.246 e. The van der Waals surface area contributed by atoms with Crippen molar-refractivity contribution in [1.29, 1.82) is 0 Å². The predicted octanol–water partition coefficient (Wildman–Crippen LogP) is 1.57. The van der Waals surface area contributed by atoms with Crippen LogP contribution < -0.4 is 10.5 Å². The van der Waals surface area contributed by atoms with Gasteiger partial charge in [0, 0.05) is 13.6 Å². The maximum absolute atomic E-state index is 12.7. The van der Waals surface area contributed by atoms with Gasteiger partial charge in [-0.05, 0) is 29.8 Å². The molecule has 114 valence electrons. The van der Waals surface area contributed by atoms with Gasteiger partial charge in [-0.3, -0.25) is 0 Å². The van der Waals surface area contributed by atoms with Gasteiger partial charge in [-0.15, -0.1) is 0 Å². The van der Waals surface area contributed by atoms with Gasteiger partial charge in [0.2, 0.25) is 10.0 Å². The first kappa shape index (κ1) is 15.6. The largest absolute Gasteiger partial charge is 0.495 e. The lowest BCUT2D eigenvalue weighted by atomic mass is 10.2. The van der Waals surface area contributed by atoms with Gasteiger partial charge in [0.05, 0.1) is 19.9 Å². The standard InChI is InChI=1S/C14H18N2O4S/c1-16(10-12-4-3-7-20-12)21(17,18)14-8-11(9-15)5-6-13(14)19-2/h3-8H,9-10,15H2,1-2H3. The van der Waals surface area contributed by atoms with E-state index in [1.807, 2.05) is 0 Å². The Morgan fingerprint density at radius 1 is 1.33 bits per heavy atom. The number of benzene rings is 1. The Hall–Kier alpha value is -1.83. The fourth-order valence-electron chi connectivity index (χ4n) is 1.92. The molecule has 2 N–H and O–H groups in total. The third-order valence-electron chi connectivity index (χ3n) is 3.11. The molecule has 0 unspecified atom stereocenters. The summed E-state index contributed by atoms with van der Waals surface area (Å²) in [6.07, 6.45) is 1.51. The normalized spacial score (nSPS) is 11.8. The molecule has 1 aromatic carbocycles. The first-order valence-electron chi connectivity index (χ1n) is 6.34. The maximum atomic E-state index is 12.7. The first-order valence-corrected chi connectivity index (χ1v) is 7.78. The van der Waals surface area contributed by atoms with Gasteiger partial charge in [0.1, 0.15) is 16.4 Å². The van der Waals surface area contributed by atoms with Crippen LogP contribution in [-0.4, -0.2) is 26.9 Å². The Balaban J connectivity index is 2.38. The van der Waals surface area contributed by atoms with Crippen molar-refractivity contribution in [3.63, 3.8) is 0 Å². The summed E-state index contributed by atoms with van der Waals surface area (Å²) in [4.78, 5) is 0.0991. The van der Waals surface area contributed by atoms with Gasteiger partial charge < -0.3 is 14.9 Å². The summed E-state index contributed by atoms with van der Waals surface area (Å²) in [5.74, 6) is 0.855. The van der Waals surface area contributed by atoms with Crippen molar-refractivity contribution in [2.24, 2.45) is 5.73 Å². The number of rotatable bonds is 6. The summed E-state index contributed by atoms with van der Waals surface area (Å²) >= 11 is 0. The Morgan fingerprint density at radius 3 is 2.67 bits per heavy atom. The molecule has 0 aliphatic rings. The average Bonchev–Trinajstić information content (AvgIpc) is 2.99. The number of ether oxygens (including phenoxy) is 1. The minimum atomic E-state index is -3.70. The molecule has 0 bridgehead atoms. The van der Waals surface area contributed by atoms with Crippen LogP contribution in [0, 0.1) is 0 Å². The summed E-state index contributed by atoms with van der Waals surface area (Å²) in [6.45, 7) is 0.403. The third-order valence-corrected chi connectivity index (χ3v) is 4.94. The van der Waals surface area contributed by atoms with Crippen LogP contribution in [0.1, 0.15) is 11.3 Å². The number of methoxy groups -OCH3 is 1. The van der Waals surface area contributed by atoms with Crippen molar-refractivity contribution in [2.45, 2.75) is 18.0 Å². The maximum Gasteiger partial charge on any atom is 0.246 e. The topological polar surface area (TPSA) is 85.8 Å². The molecule has 0 atom stereocenters. The van der Waals surface area contributed by atoms with Crippen molar-refractivity contribution in [2.75, 3.05) is 14.2 Å². The predicted molar refractivity (Wildman–Crippen MR) is 78.2 cm³/mol. The second-order valence-corrected chi connectivity index (χ2v) is 6.54. The van der Waals surface area contributed by atoms with Crippen molar-refractivity contribution in [3.05, 3.63) is 47.9 Å². The summed E-state index contributed by atoms with van der Waals surface area (Å²) in [7, 11) is -0.772. The molecule has 7 heteroatoms. The van der Waals surface area contributed by atoms with Gasteiger partial charge >= 0.3 is 0 Å². The molecule has 0 saturated heterocycles. The van der Waals surface area contributed by atoms with Crippen LogP contribution in [0.2, 0.25) is 0 Å². The highest BCUT2D eigenvalue weighted by Gasteiger charge is 2.25. The second-order valence-electron chi connectivity index (χ2n) is 4.53. The van der Waals surface area contributed by atoms with Gasteiger partial charge in [-0.25, -0.2) is 8.42 Å². The second kappa shape index (κ2) is 6.30. The van der Waals surface area contributed by atoms with E-state index in [4.69, 9.17) is 14.9 Å². The highest BCUT2D eigenvalue weighted by atomic mass is 32.2. The zero-order valence-electron chi connectivity index (χ0n) is 11.9. The lowest BCUT2D eigenvalue weighted by Crippen LogP contribution is -2.27. The molecule has 0 amide bonds. The van der Waals surface area contributed by atoms with Crippen LogP contribution in [0.25, 0.3) is 0 Å². The minimum Gasteiger partial charge on any atom is -0.495 e. The van der Waals surface area contributed by atoms with Crippen LogP contribution in [0.15, 0.2) is 45.9 Å². The van der Waals surface area contributed by atoms with E-state index in [-0.39, 0.29) is 18.0 Å². The molecule has 0 radical (unpaired) electrons. The Labute approximate surface area is 124 Å². The van der Waals surface area contributed by atoms with Crippen LogP contribution in [-0.2, 0) is 23.1 Å². The summed E-state index contributed by atoms with van der Waals surface area (Å²) in [5.41, 5.74) is 6.30. The average molecular weight is 310 g/mol. The zero-order chi connectivity index (χ0) is 15.5. The summed E-state index contributed by atoms with van der Waals surface area (Å²) in [5, 5.41) is 0. The molecule has 2 rings (SSSR count). The van der Waals surface area contributed by atoms with Gasteiger partial charge in [-0.1, -0.05) is 6.07 Å². The quantitative estimate of drug-likeness (QED) is 0.875. The van der Waals surface area contributed by atoms with E-state index in [1.54, 1.807) is 24.3 Å². The van der Waals surface area contributed by atoms with E-state index in [1.165, 1.54) is 30.8 Å². The van der Waals surface area contributed by atoms with E-state index in [2.05, 4.69) is 0 Å². The zero-order valence-corrected chi connectivity index (χ0v) is 12.8. The number of nitrogens with two attached hydrogens (primary N) is 1. The molecule has 1 heterocycles. The molecular weight excluding hydrogens is 292 g/mol. The fourth-order valence-corrected chi connectivity index (χ4v) is 3.26. The van der Waals surface area contributed by atoms with Crippen molar-refractivity contribution in [1.82, 2.24) is 4.31 Å². The molecule has 21 heavy (non-hydrogen) atoms. The minimum absolute atomic E-state index is 0.0991. The Morgan fingerprint density at radius 2 is 2.10 bits per heavy atom. The molecule has 0 spiro atoms. The number of hydrogen-bond donors (Lipinski definition) is 1. The van der Waals surface area contributed by atoms with E-state index >= 15 is 0 Å². The summed E-state index contributed by atoms with van der Waals surface area (Å²) in [6, 6.07) is 8.32. The monoisotopic (exact) mass is 310 g/mol. The first-order chi connectivity index (χ1) is 9.98. The van der Waals surface area contributed by atoms with E-state index in [0.717, 1.165) is 5.56 Å². The third kappa shape index (κ3) is 3.26. The summed E-state index contributed by atoms with van der Waals surface area (Å²) < 4.78 is 36.9. The number of furan rings is 1. The molecular formula is C14H18N2O4S. The lowest BCUT2D eigenvalue weighted by molar-refractivity contribution is 0.388. The highest BCUT2D eigenvalue weighted by molar-refractivity contribution is 7.89. The van der Waals surface area contributed by atoms with Crippen molar-refractivity contribution in [3.8, 4) is 5.75 Å². The van der Waals surface area contributed by atoms with Gasteiger partial charge in [0.25, 0.3) is 0 Å². The molecule has 6 nitrogen and oxygen atoms in total. The Kier molecular flexibility index (Phi) is 4.66. The van der Waals surface area contributed by atoms with Gasteiger partial charge in [0.15, 0.2) is 0 Å². The van der Waals surface area contributed by atoms with Crippen molar-refractivity contribution >= 4 is 10.0 Å². The Bertz CT molecular complexity index is 696. The van der Waals surface area contributed by atoms with Crippen LogP contribution in [0.3, 0.4) is 0 Å². The number of hydrogen-bond acceptors (Lipinski definition) is 5. The lowest BCUT2D eigenvalue weighted by Gasteiger charge is -2.18. The molecule has 0 aliphatic heterocycles. The van der Waals surface area contributed by atoms with E-state index < -0.39 is 10.0 Å². The van der Waals surface area contributed by atoms with Crippen molar-refractivity contribution < 1.29 is 17.6 Å². The van der Waals surface area contributed by atoms with E-state index in [0.29, 0.717) is 11.5 Å². The SMILES string of the molecule is COc1ccc(CN)cc1S(=O)(=O)N(C)Cc1ccco1. The molecule has 0 aliphatic carbocycles. The molecule has 2 aromatic rings. The number of nitrogens with zero attached hydrogens (tertiary/aromatic N) is 1. The van der Waals surface area contributed by atoms with Crippen LogP contribution >= 0.6 is 0 Å². The molecule has 1 aromatic heterocycles. The fraction of sp³-hybridized carbons (Fsp3) is 0.286. The van der Waals surface area contributed by atoms with Gasteiger partial charge in [-0.2, -0.15) is 4.31 Å². The molecule has 0 saturated carbocycles.